The van der Waals surface area contributed by atoms with Crippen LogP contribution in [0.3, 0.4) is 0 Å². The summed E-state index contributed by atoms with van der Waals surface area (Å²) < 4.78 is 0. The van der Waals surface area contributed by atoms with Gasteiger partial charge in [0.25, 0.3) is 0 Å². The Morgan fingerprint density at radius 1 is 1.11 bits per heavy atom. The standard InChI is InChI=1S/C14H26N4O/c1-4-7-16-12-8-15-9-13(18-12)17-10-14(5-2,6-3)11-19/h8-9,19H,4-7,10-11H2,1-3H3,(H2,16,17,18). The fraction of sp³-hybridized carbons (Fsp3) is 0.714. The van der Waals surface area contributed by atoms with E-state index in [2.05, 4.69) is 41.4 Å². The molecule has 0 aliphatic heterocycles. The van der Waals surface area contributed by atoms with Gasteiger partial charge in [0.1, 0.15) is 11.6 Å². The van der Waals surface area contributed by atoms with Crippen LogP contribution >= 0.6 is 0 Å². The number of hydrogen-bond donors (Lipinski definition) is 3. The monoisotopic (exact) mass is 266 g/mol. The van der Waals surface area contributed by atoms with Crippen LogP contribution < -0.4 is 10.6 Å². The first kappa shape index (κ1) is 15.7. The van der Waals surface area contributed by atoms with E-state index in [1.165, 1.54) is 0 Å². The van der Waals surface area contributed by atoms with E-state index in [9.17, 15) is 5.11 Å². The molecule has 5 heteroatoms. The number of hydrogen-bond acceptors (Lipinski definition) is 5. The van der Waals surface area contributed by atoms with E-state index in [-0.39, 0.29) is 12.0 Å². The third kappa shape index (κ3) is 4.67. The molecule has 0 radical (unpaired) electrons. The van der Waals surface area contributed by atoms with Gasteiger partial charge in [0.15, 0.2) is 0 Å². The quantitative estimate of drug-likeness (QED) is 0.640. The second-order valence-corrected chi connectivity index (χ2v) is 4.94. The molecule has 0 bridgehead atoms. The van der Waals surface area contributed by atoms with Crippen LogP contribution in [0.4, 0.5) is 11.6 Å². The van der Waals surface area contributed by atoms with Crippen LogP contribution in [-0.2, 0) is 0 Å². The molecule has 1 aromatic heterocycles. The molecule has 0 aliphatic rings. The third-order valence-corrected chi connectivity index (χ3v) is 3.67. The largest absolute Gasteiger partial charge is 0.396 e. The van der Waals surface area contributed by atoms with Crippen LogP contribution in [0.15, 0.2) is 12.4 Å². The lowest BCUT2D eigenvalue weighted by atomic mass is 9.83. The fourth-order valence-corrected chi connectivity index (χ4v) is 1.85. The first-order valence-corrected chi connectivity index (χ1v) is 7.10. The molecule has 0 saturated heterocycles. The summed E-state index contributed by atoms with van der Waals surface area (Å²) in [5, 5.41) is 16.0. The highest BCUT2D eigenvalue weighted by Crippen LogP contribution is 2.25. The van der Waals surface area contributed by atoms with Crippen molar-refractivity contribution in [3.63, 3.8) is 0 Å². The average molecular weight is 266 g/mol. The smallest absolute Gasteiger partial charge is 0.146 e. The Morgan fingerprint density at radius 3 is 2.26 bits per heavy atom. The molecule has 0 aromatic carbocycles. The molecule has 0 atom stereocenters. The van der Waals surface area contributed by atoms with E-state index in [4.69, 9.17) is 0 Å². The van der Waals surface area contributed by atoms with Crippen LogP contribution in [0.2, 0.25) is 0 Å². The van der Waals surface area contributed by atoms with Crippen LogP contribution in [-0.4, -0.2) is 34.8 Å². The lowest BCUT2D eigenvalue weighted by Gasteiger charge is -2.29. The van der Waals surface area contributed by atoms with Gasteiger partial charge >= 0.3 is 0 Å². The molecule has 1 aromatic rings. The summed E-state index contributed by atoms with van der Waals surface area (Å²) in [5.41, 5.74) is -0.0749. The molecule has 0 amide bonds. The summed E-state index contributed by atoms with van der Waals surface area (Å²) >= 11 is 0. The lowest BCUT2D eigenvalue weighted by Crippen LogP contribution is -2.32. The molecule has 0 unspecified atom stereocenters. The second-order valence-electron chi connectivity index (χ2n) is 4.94. The molecular formula is C14H26N4O. The number of nitrogens with one attached hydrogen (secondary N) is 2. The molecule has 0 spiro atoms. The molecular weight excluding hydrogens is 240 g/mol. The maximum absolute atomic E-state index is 9.54. The van der Waals surface area contributed by atoms with Gasteiger partial charge in [0.05, 0.1) is 19.0 Å². The molecule has 0 saturated carbocycles. The van der Waals surface area contributed by atoms with Crippen molar-refractivity contribution in [2.45, 2.75) is 40.0 Å². The van der Waals surface area contributed by atoms with Gasteiger partial charge in [-0.05, 0) is 19.3 Å². The number of aliphatic hydroxyl groups is 1. The number of anilines is 2. The van der Waals surface area contributed by atoms with Crippen molar-refractivity contribution in [1.82, 2.24) is 9.97 Å². The molecule has 0 fully saturated rings. The zero-order chi connectivity index (χ0) is 14.1. The minimum Gasteiger partial charge on any atom is -0.396 e. The van der Waals surface area contributed by atoms with Gasteiger partial charge in [-0.15, -0.1) is 0 Å². The van der Waals surface area contributed by atoms with Crippen LogP contribution in [0, 0.1) is 5.41 Å². The summed E-state index contributed by atoms with van der Waals surface area (Å²) in [6.45, 7) is 8.11. The van der Waals surface area contributed by atoms with Gasteiger partial charge in [-0.2, -0.15) is 0 Å². The summed E-state index contributed by atoms with van der Waals surface area (Å²) in [6.07, 6.45) is 6.37. The van der Waals surface area contributed by atoms with E-state index in [1.54, 1.807) is 12.4 Å². The molecule has 1 rings (SSSR count). The highest BCUT2D eigenvalue weighted by molar-refractivity contribution is 5.41. The third-order valence-electron chi connectivity index (χ3n) is 3.67. The molecule has 108 valence electrons. The first-order valence-electron chi connectivity index (χ1n) is 7.10. The van der Waals surface area contributed by atoms with Crippen molar-refractivity contribution < 1.29 is 5.11 Å². The predicted octanol–water partition coefficient (Wildman–Crippen LogP) is 2.51. The van der Waals surface area contributed by atoms with Gasteiger partial charge in [-0.3, -0.25) is 4.98 Å². The SMILES string of the molecule is CCCNc1cncc(NCC(CC)(CC)CO)n1. The molecule has 1 heterocycles. The van der Waals surface area contributed by atoms with Crippen molar-refractivity contribution >= 4 is 11.6 Å². The predicted molar refractivity (Wildman–Crippen MR) is 79.4 cm³/mol. The Kier molecular flexibility index (Phi) is 6.56. The van der Waals surface area contributed by atoms with Gasteiger partial charge in [0, 0.05) is 18.5 Å². The zero-order valence-electron chi connectivity index (χ0n) is 12.2. The Balaban J connectivity index is 2.61. The minimum absolute atomic E-state index is 0.0749. The van der Waals surface area contributed by atoms with E-state index < -0.39 is 0 Å². The summed E-state index contributed by atoms with van der Waals surface area (Å²) in [7, 11) is 0. The number of aromatic nitrogens is 2. The van der Waals surface area contributed by atoms with Crippen LogP contribution in [0.1, 0.15) is 40.0 Å². The summed E-state index contributed by atoms with van der Waals surface area (Å²) in [4.78, 5) is 8.62. The number of aliphatic hydroxyl groups excluding tert-OH is 1. The van der Waals surface area contributed by atoms with Crippen LogP contribution in [0.25, 0.3) is 0 Å². The second kappa shape index (κ2) is 7.94. The van der Waals surface area contributed by atoms with Crippen molar-refractivity contribution in [3.8, 4) is 0 Å². The molecule has 19 heavy (non-hydrogen) atoms. The Hall–Kier alpha value is -1.36. The van der Waals surface area contributed by atoms with Crippen molar-refractivity contribution in [1.29, 1.82) is 0 Å². The topological polar surface area (TPSA) is 70.1 Å². The maximum Gasteiger partial charge on any atom is 0.146 e. The summed E-state index contributed by atoms with van der Waals surface area (Å²) in [5.74, 6) is 1.54. The molecule has 0 aliphatic carbocycles. The zero-order valence-corrected chi connectivity index (χ0v) is 12.2. The van der Waals surface area contributed by atoms with Crippen molar-refractivity contribution in [2.24, 2.45) is 5.41 Å². The highest BCUT2D eigenvalue weighted by Gasteiger charge is 2.25. The minimum atomic E-state index is -0.0749. The van der Waals surface area contributed by atoms with E-state index in [1.807, 2.05) is 0 Å². The van der Waals surface area contributed by atoms with E-state index >= 15 is 0 Å². The lowest BCUT2D eigenvalue weighted by molar-refractivity contribution is 0.127. The fourth-order valence-electron chi connectivity index (χ4n) is 1.85. The maximum atomic E-state index is 9.54. The van der Waals surface area contributed by atoms with Crippen molar-refractivity contribution in [2.75, 3.05) is 30.3 Å². The first-order chi connectivity index (χ1) is 9.19. The van der Waals surface area contributed by atoms with E-state index in [0.29, 0.717) is 6.54 Å². The summed E-state index contributed by atoms with van der Waals surface area (Å²) in [6, 6.07) is 0. The van der Waals surface area contributed by atoms with Crippen LogP contribution in [0.5, 0.6) is 0 Å². The number of nitrogens with zero attached hydrogens (tertiary/aromatic N) is 2. The Bertz CT molecular complexity index is 358. The van der Waals surface area contributed by atoms with Gasteiger partial charge in [-0.25, -0.2) is 4.98 Å². The number of rotatable bonds is 9. The Labute approximate surface area is 115 Å². The average Bonchev–Trinajstić information content (AvgIpc) is 2.47. The van der Waals surface area contributed by atoms with Gasteiger partial charge in [-0.1, -0.05) is 20.8 Å². The van der Waals surface area contributed by atoms with Gasteiger partial charge in [0.2, 0.25) is 0 Å². The van der Waals surface area contributed by atoms with E-state index in [0.717, 1.165) is 37.4 Å². The normalized spacial score (nSPS) is 11.4. The molecule has 5 nitrogen and oxygen atoms in total. The molecule has 3 N–H and O–H groups in total. The van der Waals surface area contributed by atoms with Crippen molar-refractivity contribution in [3.05, 3.63) is 12.4 Å². The van der Waals surface area contributed by atoms with Gasteiger partial charge < -0.3 is 15.7 Å². The highest BCUT2D eigenvalue weighted by atomic mass is 16.3. The Morgan fingerprint density at radius 2 is 1.74 bits per heavy atom.